The minimum Gasteiger partial charge on any atom is -0.395 e. The summed E-state index contributed by atoms with van der Waals surface area (Å²) < 4.78 is 5.51. The number of nitrogens with zero attached hydrogens (tertiary/aromatic N) is 3. The Morgan fingerprint density at radius 3 is 2.64 bits per heavy atom. The third-order valence-corrected chi connectivity index (χ3v) is 5.29. The average molecular weight is 350 g/mol. The lowest BCUT2D eigenvalue weighted by Crippen LogP contribution is -2.42. The van der Waals surface area contributed by atoms with Crippen molar-refractivity contribution in [2.75, 3.05) is 49.7 Å². The van der Waals surface area contributed by atoms with Crippen LogP contribution in [0.4, 0.5) is 11.8 Å². The van der Waals surface area contributed by atoms with E-state index in [9.17, 15) is 5.11 Å². The molecule has 7 heteroatoms. The van der Waals surface area contributed by atoms with Crippen molar-refractivity contribution in [1.82, 2.24) is 9.97 Å². The van der Waals surface area contributed by atoms with E-state index in [1.165, 1.54) is 0 Å². The molecule has 3 N–H and O–H groups in total. The van der Waals surface area contributed by atoms with Crippen LogP contribution >= 0.6 is 0 Å². The second-order valence-corrected chi connectivity index (χ2v) is 7.60. The summed E-state index contributed by atoms with van der Waals surface area (Å²) in [6.45, 7) is 7.52. The Hall–Kier alpha value is -1.44. The number of aromatic nitrogens is 2. The van der Waals surface area contributed by atoms with Crippen LogP contribution in [-0.2, 0) is 4.74 Å². The van der Waals surface area contributed by atoms with E-state index in [1.54, 1.807) is 0 Å². The maximum atomic E-state index is 10.2. The Kier molecular flexibility index (Phi) is 5.76. The van der Waals surface area contributed by atoms with Crippen LogP contribution in [0.3, 0.4) is 0 Å². The van der Waals surface area contributed by atoms with Crippen molar-refractivity contribution < 1.29 is 14.9 Å². The van der Waals surface area contributed by atoms with Crippen LogP contribution in [0.5, 0.6) is 0 Å². The van der Waals surface area contributed by atoms with Crippen LogP contribution in [-0.4, -0.2) is 65.2 Å². The molecule has 0 radical (unpaired) electrons. The number of anilines is 2. The Bertz CT molecular complexity index is 562. The largest absolute Gasteiger partial charge is 0.395 e. The van der Waals surface area contributed by atoms with Gasteiger partial charge in [0.15, 0.2) is 0 Å². The molecule has 1 aromatic rings. The van der Waals surface area contributed by atoms with Gasteiger partial charge in [0, 0.05) is 38.2 Å². The lowest BCUT2D eigenvalue weighted by atomic mass is 9.83. The predicted octanol–water partition coefficient (Wildman–Crippen LogP) is 1.37. The molecule has 3 heterocycles. The van der Waals surface area contributed by atoms with Gasteiger partial charge in [-0.15, -0.1) is 0 Å². The molecular weight excluding hydrogens is 320 g/mol. The van der Waals surface area contributed by atoms with E-state index in [4.69, 9.17) is 9.84 Å². The van der Waals surface area contributed by atoms with E-state index in [1.807, 2.05) is 13.8 Å². The normalized spacial score (nSPS) is 22.4. The molecule has 2 saturated heterocycles. The fourth-order valence-corrected chi connectivity index (χ4v) is 3.65. The number of piperidine rings is 1. The molecule has 0 aromatic carbocycles. The van der Waals surface area contributed by atoms with Crippen molar-refractivity contribution in [3.63, 3.8) is 0 Å². The van der Waals surface area contributed by atoms with Crippen molar-refractivity contribution in [2.24, 2.45) is 5.92 Å². The van der Waals surface area contributed by atoms with Gasteiger partial charge < -0.3 is 25.2 Å². The van der Waals surface area contributed by atoms with E-state index in [2.05, 4.69) is 26.3 Å². The van der Waals surface area contributed by atoms with Gasteiger partial charge in [-0.05, 0) is 39.0 Å². The zero-order chi connectivity index (χ0) is 17.9. The maximum absolute atomic E-state index is 10.2. The Balaban J connectivity index is 1.76. The highest BCUT2D eigenvalue weighted by Gasteiger charge is 2.31. The lowest BCUT2D eigenvalue weighted by molar-refractivity contribution is 0.00645. The molecule has 0 bridgehead atoms. The molecule has 1 aromatic heterocycles. The molecule has 3 rings (SSSR count). The second kappa shape index (κ2) is 7.85. The molecule has 2 aliphatic heterocycles. The fraction of sp³-hybridized carbons (Fsp3) is 0.778. The van der Waals surface area contributed by atoms with Crippen molar-refractivity contribution in [3.8, 4) is 0 Å². The number of rotatable bonds is 6. The van der Waals surface area contributed by atoms with Gasteiger partial charge in [-0.2, -0.15) is 4.98 Å². The van der Waals surface area contributed by atoms with E-state index < -0.39 is 5.60 Å². The van der Waals surface area contributed by atoms with Gasteiger partial charge in [-0.1, -0.05) is 0 Å². The summed E-state index contributed by atoms with van der Waals surface area (Å²) in [5, 5.41) is 22.4. The van der Waals surface area contributed by atoms with Gasteiger partial charge in [0.2, 0.25) is 5.95 Å². The standard InChI is InChI=1S/C18H30N4O3/c1-18(2,24)14-3-7-22(8-4-14)16-11-15(13-5-10-25-12-13)20-17(21-16)19-6-9-23/h11,13-14,23-24H,3-10,12H2,1-2H3,(H,19,20,21). The highest BCUT2D eigenvalue weighted by molar-refractivity contribution is 5.46. The van der Waals surface area contributed by atoms with Gasteiger partial charge in [0.05, 0.1) is 24.5 Å². The summed E-state index contributed by atoms with van der Waals surface area (Å²) in [4.78, 5) is 11.5. The van der Waals surface area contributed by atoms with E-state index >= 15 is 0 Å². The third kappa shape index (κ3) is 4.59. The lowest BCUT2D eigenvalue weighted by Gasteiger charge is -2.38. The molecule has 0 amide bonds. The van der Waals surface area contributed by atoms with Crippen molar-refractivity contribution in [1.29, 1.82) is 0 Å². The van der Waals surface area contributed by atoms with Crippen LogP contribution in [0.25, 0.3) is 0 Å². The molecule has 25 heavy (non-hydrogen) atoms. The smallest absolute Gasteiger partial charge is 0.224 e. The fourth-order valence-electron chi connectivity index (χ4n) is 3.65. The molecular formula is C18H30N4O3. The third-order valence-electron chi connectivity index (χ3n) is 5.29. The molecule has 1 atom stereocenters. The number of aliphatic hydroxyl groups is 2. The minimum absolute atomic E-state index is 0.0481. The van der Waals surface area contributed by atoms with Crippen LogP contribution in [0.15, 0.2) is 6.07 Å². The second-order valence-electron chi connectivity index (χ2n) is 7.60. The molecule has 140 valence electrons. The highest BCUT2D eigenvalue weighted by atomic mass is 16.5. The number of ether oxygens (including phenoxy) is 1. The first-order valence-corrected chi connectivity index (χ1v) is 9.26. The number of hydrogen-bond acceptors (Lipinski definition) is 7. The first-order chi connectivity index (χ1) is 12.0. The van der Waals surface area contributed by atoms with Crippen molar-refractivity contribution in [3.05, 3.63) is 11.8 Å². The van der Waals surface area contributed by atoms with E-state index in [0.29, 0.717) is 30.9 Å². The molecule has 0 spiro atoms. The molecule has 7 nitrogen and oxygen atoms in total. The maximum Gasteiger partial charge on any atom is 0.224 e. The minimum atomic E-state index is -0.627. The quantitative estimate of drug-likeness (QED) is 0.714. The molecule has 2 aliphatic rings. The number of hydrogen-bond donors (Lipinski definition) is 3. The highest BCUT2D eigenvalue weighted by Crippen LogP contribution is 2.32. The molecule has 0 aliphatic carbocycles. The first-order valence-electron chi connectivity index (χ1n) is 9.26. The number of nitrogens with one attached hydrogen (secondary N) is 1. The zero-order valence-electron chi connectivity index (χ0n) is 15.2. The first kappa shape index (κ1) is 18.4. The molecule has 2 fully saturated rings. The summed E-state index contributed by atoms with van der Waals surface area (Å²) in [5.74, 6) is 2.12. The Labute approximate surface area is 149 Å². The Morgan fingerprint density at radius 2 is 2.04 bits per heavy atom. The topological polar surface area (TPSA) is 90.7 Å². The summed E-state index contributed by atoms with van der Waals surface area (Å²) in [7, 11) is 0. The van der Waals surface area contributed by atoms with Crippen LogP contribution in [0.2, 0.25) is 0 Å². The van der Waals surface area contributed by atoms with Gasteiger partial charge in [0.1, 0.15) is 5.82 Å². The zero-order valence-corrected chi connectivity index (χ0v) is 15.2. The van der Waals surface area contributed by atoms with Gasteiger partial charge in [-0.25, -0.2) is 4.98 Å². The van der Waals surface area contributed by atoms with Crippen LogP contribution < -0.4 is 10.2 Å². The Morgan fingerprint density at radius 1 is 1.28 bits per heavy atom. The summed E-state index contributed by atoms with van der Waals surface area (Å²) >= 11 is 0. The van der Waals surface area contributed by atoms with Crippen molar-refractivity contribution in [2.45, 2.75) is 44.6 Å². The van der Waals surface area contributed by atoms with Gasteiger partial charge in [-0.3, -0.25) is 0 Å². The average Bonchev–Trinajstić information content (AvgIpc) is 3.14. The summed E-state index contributed by atoms with van der Waals surface area (Å²) in [5.41, 5.74) is 0.380. The predicted molar refractivity (Wildman–Crippen MR) is 97.0 cm³/mol. The molecule has 0 saturated carbocycles. The van der Waals surface area contributed by atoms with Gasteiger partial charge in [0.25, 0.3) is 0 Å². The van der Waals surface area contributed by atoms with Crippen LogP contribution in [0.1, 0.15) is 44.7 Å². The summed E-state index contributed by atoms with van der Waals surface area (Å²) in [6, 6.07) is 2.08. The summed E-state index contributed by atoms with van der Waals surface area (Å²) in [6.07, 6.45) is 2.89. The van der Waals surface area contributed by atoms with E-state index in [0.717, 1.165) is 50.5 Å². The van der Waals surface area contributed by atoms with Crippen LogP contribution in [0, 0.1) is 5.92 Å². The van der Waals surface area contributed by atoms with E-state index in [-0.39, 0.29) is 6.61 Å². The monoisotopic (exact) mass is 350 g/mol. The SMILES string of the molecule is CC(C)(O)C1CCN(c2cc(C3CCOC3)nc(NCCO)n2)CC1. The number of aliphatic hydroxyl groups excluding tert-OH is 1. The van der Waals surface area contributed by atoms with Gasteiger partial charge >= 0.3 is 0 Å². The van der Waals surface area contributed by atoms with Crippen molar-refractivity contribution >= 4 is 11.8 Å². The molecule has 1 unspecified atom stereocenters.